The van der Waals surface area contributed by atoms with Crippen LogP contribution in [0.2, 0.25) is 0 Å². The average Bonchev–Trinajstić information content (AvgIpc) is 2.59. The lowest BCUT2D eigenvalue weighted by atomic mass is 10.2. The Kier molecular flexibility index (Phi) is 2.17. The molecular formula is C11H9NO3. The second-order valence-electron chi connectivity index (χ2n) is 3.08. The van der Waals surface area contributed by atoms with Crippen LogP contribution in [-0.4, -0.2) is 11.1 Å². The first kappa shape index (κ1) is 9.33. The molecule has 0 aliphatic carbocycles. The quantitative estimate of drug-likeness (QED) is 0.579. The molecular weight excluding hydrogens is 194 g/mol. The van der Waals surface area contributed by atoms with E-state index >= 15 is 0 Å². The van der Waals surface area contributed by atoms with Crippen molar-refractivity contribution < 1.29 is 14.3 Å². The number of benzene rings is 1. The van der Waals surface area contributed by atoms with E-state index < -0.39 is 5.97 Å². The Balaban J connectivity index is 2.48. The van der Waals surface area contributed by atoms with Gasteiger partial charge < -0.3 is 15.3 Å². The van der Waals surface area contributed by atoms with Crippen LogP contribution in [0.5, 0.6) is 0 Å². The van der Waals surface area contributed by atoms with E-state index in [4.69, 9.17) is 15.3 Å². The normalized spacial score (nSPS) is 11.2. The minimum absolute atomic E-state index is 0.477. The number of carboxylic acids is 1. The van der Waals surface area contributed by atoms with Gasteiger partial charge in [-0.25, -0.2) is 4.79 Å². The summed E-state index contributed by atoms with van der Waals surface area (Å²) >= 11 is 0. The molecule has 1 heterocycles. The van der Waals surface area contributed by atoms with Crippen molar-refractivity contribution >= 4 is 28.7 Å². The van der Waals surface area contributed by atoms with Gasteiger partial charge in [-0.2, -0.15) is 0 Å². The molecule has 1 aromatic heterocycles. The molecule has 0 atom stereocenters. The molecule has 4 nitrogen and oxygen atoms in total. The highest BCUT2D eigenvalue weighted by Crippen LogP contribution is 2.25. The van der Waals surface area contributed by atoms with E-state index in [1.165, 1.54) is 6.08 Å². The van der Waals surface area contributed by atoms with Crippen molar-refractivity contribution in [3.05, 3.63) is 36.1 Å². The monoisotopic (exact) mass is 203 g/mol. The third-order valence-corrected chi connectivity index (χ3v) is 2.00. The maximum Gasteiger partial charge on any atom is 0.328 e. The molecule has 2 aromatic rings. The third-order valence-electron chi connectivity index (χ3n) is 2.00. The van der Waals surface area contributed by atoms with E-state index in [1.807, 2.05) is 0 Å². The van der Waals surface area contributed by atoms with E-state index in [1.54, 1.807) is 24.3 Å². The van der Waals surface area contributed by atoms with E-state index in [0.717, 1.165) is 11.5 Å². The van der Waals surface area contributed by atoms with Crippen LogP contribution in [0.25, 0.3) is 17.0 Å². The Morgan fingerprint density at radius 2 is 2.27 bits per heavy atom. The van der Waals surface area contributed by atoms with Crippen LogP contribution < -0.4 is 5.73 Å². The summed E-state index contributed by atoms with van der Waals surface area (Å²) in [4.78, 5) is 10.3. The molecule has 0 aliphatic rings. The van der Waals surface area contributed by atoms with Crippen molar-refractivity contribution in [3.63, 3.8) is 0 Å². The minimum Gasteiger partial charge on any atom is -0.478 e. The van der Waals surface area contributed by atoms with Crippen molar-refractivity contribution in [3.8, 4) is 0 Å². The molecule has 0 radical (unpaired) electrons. The largest absolute Gasteiger partial charge is 0.478 e. The topological polar surface area (TPSA) is 76.5 Å². The molecule has 0 unspecified atom stereocenters. The van der Waals surface area contributed by atoms with Gasteiger partial charge in [0.05, 0.1) is 0 Å². The minimum atomic E-state index is -1.01. The van der Waals surface area contributed by atoms with Crippen LogP contribution in [0.15, 0.2) is 34.8 Å². The van der Waals surface area contributed by atoms with Crippen LogP contribution in [0, 0.1) is 0 Å². The number of carbonyl (C=O) groups is 1. The summed E-state index contributed by atoms with van der Waals surface area (Å²) in [6, 6.07) is 7.04. The number of rotatable bonds is 2. The van der Waals surface area contributed by atoms with Gasteiger partial charge in [0.25, 0.3) is 0 Å². The number of carboxylic acid groups (broad SMARTS) is 1. The number of furan rings is 1. The van der Waals surface area contributed by atoms with Crippen LogP contribution in [0.4, 0.5) is 5.69 Å². The SMILES string of the molecule is Nc1cccc2oc(C=CC(=O)O)cc12. The van der Waals surface area contributed by atoms with Crippen LogP contribution >= 0.6 is 0 Å². The molecule has 0 aliphatic heterocycles. The summed E-state index contributed by atoms with van der Waals surface area (Å²) < 4.78 is 5.37. The maximum atomic E-state index is 10.3. The van der Waals surface area contributed by atoms with Crippen LogP contribution in [0.1, 0.15) is 5.76 Å². The molecule has 2 rings (SSSR count). The summed E-state index contributed by atoms with van der Waals surface area (Å²) in [5.74, 6) is -0.534. The summed E-state index contributed by atoms with van der Waals surface area (Å²) in [6.45, 7) is 0. The molecule has 0 bridgehead atoms. The first-order valence-corrected chi connectivity index (χ1v) is 4.36. The first-order chi connectivity index (χ1) is 7.16. The number of nitrogens with two attached hydrogens (primary N) is 1. The summed E-state index contributed by atoms with van der Waals surface area (Å²) in [7, 11) is 0. The molecule has 0 amide bonds. The predicted octanol–water partition coefficient (Wildman–Crippen LogP) is 2.11. The van der Waals surface area contributed by atoms with Crippen molar-refractivity contribution in [2.75, 3.05) is 5.73 Å². The van der Waals surface area contributed by atoms with Gasteiger partial charge in [0.15, 0.2) is 0 Å². The first-order valence-electron chi connectivity index (χ1n) is 4.36. The molecule has 4 heteroatoms. The summed E-state index contributed by atoms with van der Waals surface area (Å²) in [5, 5.41) is 9.25. The number of nitrogen functional groups attached to an aromatic ring is 1. The fraction of sp³-hybridized carbons (Fsp3) is 0. The molecule has 0 spiro atoms. The van der Waals surface area contributed by atoms with Crippen molar-refractivity contribution in [1.82, 2.24) is 0 Å². The van der Waals surface area contributed by atoms with Gasteiger partial charge in [-0.05, 0) is 24.3 Å². The van der Waals surface area contributed by atoms with Gasteiger partial charge in [-0.3, -0.25) is 0 Å². The molecule has 76 valence electrons. The Morgan fingerprint density at radius 3 is 2.93 bits per heavy atom. The van der Waals surface area contributed by atoms with Crippen LogP contribution in [0.3, 0.4) is 0 Å². The Hall–Kier alpha value is -2.23. The standard InChI is InChI=1S/C11H9NO3/c12-9-2-1-3-10-8(9)6-7(15-10)4-5-11(13)14/h1-6H,12H2,(H,13,14). The predicted molar refractivity (Wildman–Crippen MR) is 57.3 cm³/mol. The van der Waals surface area contributed by atoms with Gasteiger partial charge in [0, 0.05) is 17.1 Å². The highest BCUT2D eigenvalue weighted by atomic mass is 16.4. The van der Waals surface area contributed by atoms with Gasteiger partial charge >= 0.3 is 5.97 Å². The Morgan fingerprint density at radius 1 is 1.47 bits per heavy atom. The van der Waals surface area contributed by atoms with Crippen molar-refractivity contribution in [2.45, 2.75) is 0 Å². The summed E-state index contributed by atoms with van der Waals surface area (Å²) in [5.41, 5.74) is 6.99. The molecule has 0 saturated carbocycles. The number of anilines is 1. The highest BCUT2D eigenvalue weighted by molar-refractivity contribution is 5.92. The summed E-state index contributed by atoms with van der Waals surface area (Å²) in [6.07, 6.45) is 2.41. The zero-order valence-electron chi connectivity index (χ0n) is 7.81. The molecule has 15 heavy (non-hydrogen) atoms. The second kappa shape index (κ2) is 3.49. The van der Waals surface area contributed by atoms with Gasteiger partial charge in [0.2, 0.25) is 0 Å². The fourth-order valence-corrected chi connectivity index (χ4v) is 1.34. The van der Waals surface area contributed by atoms with Gasteiger partial charge in [0.1, 0.15) is 11.3 Å². The Labute approximate surface area is 85.6 Å². The third kappa shape index (κ3) is 1.83. The van der Waals surface area contributed by atoms with E-state index in [9.17, 15) is 4.79 Å². The Bertz CT molecular complexity index is 540. The van der Waals surface area contributed by atoms with E-state index in [2.05, 4.69) is 0 Å². The number of aliphatic carboxylic acids is 1. The lowest BCUT2D eigenvalue weighted by molar-refractivity contribution is -0.131. The average molecular weight is 203 g/mol. The highest BCUT2D eigenvalue weighted by Gasteiger charge is 2.03. The fourth-order valence-electron chi connectivity index (χ4n) is 1.34. The zero-order valence-corrected chi connectivity index (χ0v) is 7.81. The van der Waals surface area contributed by atoms with E-state index in [0.29, 0.717) is 17.0 Å². The van der Waals surface area contributed by atoms with Gasteiger partial charge in [-0.1, -0.05) is 6.07 Å². The maximum absolute atomic E-state index is 10.3. The van der Waals surface area contributed by atoms with E-state index in [-0.39, 0.29) is 0 Å². The zero-order chi connectivity index (χ0) is 10.8. The molecule has 0 fully saturated rings. The smallest absolute Gasteiger partial charge is 0.328 e. The molecule has 0 saturated heterocycles. The number of fused-ring (bicyclic) bond motifs is 1. The van der Waals surface area contributed by atoms with Crippen LogP contribution in [-0.2, 0) is 4.79 Å². The van der Waals surface area contributed by atoms with Crippen molar-refractivity contribution in [2.24, 2.45) is 0 Å². The lowest BCUT2D eigenvalue weighted by Crippen LogP contribution is -1.84. The second-order valence-corrected chi connectivity index (χ2v) is 3.08. The molecule has 1 aromatic carbocycles. The lowest BCUT2D eigenvalue weighted by Gasteiger charge is -1.90. The van der Waals surface area contributed by atoms with Gasteiger partial charge in [-0.15, -0.1) is 0 Å². The molecule has 3 N–H and O–H groups in total. The van der Waals surface area contributed by atoms with Crippen molar-refractivity contribution in [1.29, 1.82) is 0 Å². The number of hydrogen-bond donors (Lipinski definition) is 2. The number of hydrogen-bond acceptors (Lipinski definition) is 3.